The van der Waals surface area contributed by atoms with E-state index in [0.29, 0.717) is 5.59 Å². The zero-order chi connectivity index (χ0) is 12.8. The number of rotatable bonds is 1. The van der Waals surface area contributed by atoms with Crippen molar-refractivity contribution in [2.45, 2.75) is 39.6 Å². The maximum atomic E-state index is 10.7. The van der Waals surface area contributed by atoms with Crippen LogP contribution >= 0.6 is 0 Å². The average molecular weight is 236 g/mol. The van der Waals surface area contributed by atoms with Crippen LogP contribution < -0.4 is 5.59 Å². The smallest absolute Gasteiger partial charge is 0.432 e. The highest BCUT2D eigenvalue weighted by molar-refractivity contribution is 6.67. The van der Waals surface area contributed by atoms with Crippen LogP contribution in [0.5, 0.6) is 0 Å². The Balaban J connectivity index is 2.23. The Hall–Kier alpha value is -1.30. The highest BCUT2D eigenvalue weighted by atomic mass is 16.5. The fourth-order valence-corrected chi connectivity index (χ4v) is 2.05. The molecule has 1 aromatic heterocycles. The molecule has 1 fully saturated rings. The van der Waals surface area contributed by atoms with Gasteiger partial charge in [0.25, 0.3) is 0 Å². The van der Waals surface area contributed by atoms with Crippen molar-refractivity contribution < 1.29 is 14.6 Å². The second kappa shape index (κ2) is 3.60. The maximum Gasteiger partial charge on any atom is 0.432 e. The van der Waals surface area contributed by atoms with E-state index in [9.17, 15) is 4.79 Å². The number of carboxylic acid groups (broad SMARTS) is 1. The third-order valence-electron chi connectivity index (χ3n) is 3.90. The van der Waals surface area contributed by atoms with Gasteiger partial charge in [0.05, 0.1) is 11.2 Å². The summed E-state index contributed by atoms with van der Waals surface area (Å²) in [7, 11) is 0. The van der Waals surface area contributed by atoms with E-state index in [0.717, 1.165) is 11.0 Å². The Morgan fingerprint density at radius 2 is 2.18 bits per heavy atom. The molecule has 0 bridgehead atoms. The molecule has 5 nitrogen and oxygen atoms in total. The van der Waals surface area contributed by atoms with Gasteiger partial charge in [0.15, 0.2) is 0 Å². The summed E-state index contributed by atoms with van der Waals surface area (Å²) in [6, 6.07) is 1.70. The summed E-state index contributed by atoms with van der Waals surface area (Å²) in [5.41, 5.74) is 0.501. The topological polar surface area (TPSA) is 64.4 Å². The van der Waals surface area contributed by atoms with E-state index in [1.807, 2.05) is 0 Å². The van der Waals surface area contributed by atoms with Gasteiger partial charge in [0, 0.05) is 6.20 Å². The molecule has 0 saturated carbocycles. The average Bonchev–Trinajstić information content (AvgIpc) is 2.70. The van der Waals surface area contributed by atoms with Gasteiger partial charge in [-0.15, -0.1) is 0 Å². The van der Waals surface area contributed by atoms with Crippen molar-refractivity contribution >= 4 is 18.6 Å². The van der Waals surface area contributed by atoms with Gasteiger partial charge < -0.3 is 9.76 Å². The Labute approximate surface area is 101 Å². The summed E-state index contributed by atoms with van der Waals surface area (Å²) in [5, 5.41) is 12.8. The third kappa shape index (κ3) is 1.97. The molecule has 1 saturated heterocycles. The van der Waals surface area contributed by atoms with Crippen molar-refractivity contribution in [2.75, 3.05) is 0 Å². The minimum Gasteiger partial charge on any atom is -0.463 e. The minimum absolute atomic E-state index is 0.0463. The van der Waals surface area contributed by atoms with Crippen LogP contribution in [-0.4, -0.2) is 33.5 Å². The van der Waals surface area contributed by atoms with Gasteiger partial charge in [0.2, 0.25) is 0 Å². The normalized spacial score (nSPS) is 21.8. The molecule has 92 valence electrons. The first-order valence-electron chi connectivity index (χ1n) is 5.70. The Morgan fingerprint density at radius 3 is 2.59 bits per heavy atom. The predicted octanol–water partition coefficient (Wildman–Crippen LogP) is 1.44. The molecule has 2 rings (SSSR count). The maximum absolute atomic E-state index is 10.7. The highest BCUT2D eigenvalue weighted by Crippen LogP contribution is 2.44. The Bertz CT molecular complexity index is 437. The second-order valence-electron chi connectivity index (χ2n) is 5.67. The van der Waals surface area contributed by atoms with Crippen LogP contribution in [0.4, 0.5) is 4.79 Å². The van der Waals surface area contributed by atoms with Crippen LogP contribution in [0.3, 0.4) is 0 Å². The first-order valence-corrected chi connectivity index (χ1v) is 5.70. The van der Waals surface area contributed by atoms with Crippen LogP contribution in [0.2, 0.25) is 6.32 Å². The van der Waals surface area contributed by atoms with E-state index in [1.165, 1.54) is 6.20 Å². The monoisotopic (exact) mass is 236 g/mol. The molecule has 1 aliphatic heterocycles. The molecular weight excluding hydrogens is 219 g/mol. The Kier molecular flexibility index (Phi) is 2.58. The van der Waals surface area contributed by atoms with Crippen molar-refractivity contribution in [3.63, 3.8) is 0 Å². The lowest BCUT2D eigenvalue weighted by Crippen LogP contribution is -2.36. The van der Waals surface area contributed by atoms with Gasteiger partial charge in [-0.25, -0.2) is 4.79 Å². The summed E-state index contributed by atoms with van der Waals surface area (Å²) in [5.74, 6) is 0. The lowest BCUT2D eigenvalue weighted by atomic mass is 9.56. The zero-order valence-electron chi connectivity index (χ0n) is 10.6. The van der Waals surface area contributed by atoms with Gasteiger partial charge >= 0.3 is 13.0 Å². The highest BCUT2D eigenvalue weighted by Gasteiger charge is 2.50. The predicted molar refractivity (Wildman–Crippen MR) is 64.8 cm³/mol. The SMILES string of the molecule is CC1(C)CB(c2ccn(C(=O)O)n2)OC1(C)C. The molecule has 0 atom stereocenters. The van der Waals surface area contributed by atoms with Gasteiger partial charge in [-0.1, -0.05) is 13.8 Å². The van der Waals surface area contributed by atoms with Crippen LogP contribution in [-0.2, 0) is 4.65 Å². The van der Waals surface area contributed by atoms with Crippen LogP contribution in [0, 0.1) is 5.41 Å². The summed E-state index contributed by atoms with van der Waals surface area (Å²) in [6.45, 7) is 8.30. The van der Waals surface area contributed by atoms with Crippen molar-refractivity contribution in [3.8, 4) is 0 Å². The molecule has 0 spiro atoms. The first kappa shape index (κ1) is 12.2. The first-order chi connectivity index (χ1) is 7.73. The second-order valence-corrected chi connectivity index (χ2v) is 5.67. The fraction of sp³-hybridized carbons (Fsp3) is 0.636. The molecule has 0 amide bonds. The number of nitrogens with zero attached hydrogens (tertiary/aromatic N) is 2. The van der Waals surface area contributed by atoms with E-state index in [1.54, 1.807) is 6.07 Å². The molecule has 1 aliphatic rings. The van der Waals surface area contributed by atoms with E-state index in [-0.39, 0.29) is 17.9 Å². The van der Waals surface area contributed by atoms with Gasteiger partial charge in [0.1, 0.15) is 0 Å². The molecule has 1 aromatic rings. The van der Waals surface area contributed by atoms with E-state index >= 15 is 0 Å². The summed E-state index contributed by atoms with van der Waals surface area (Å²) in [4.78, 5) is 10.7. The van der Waals surface area contributed by atoms with Gasteiger partial charge in [-0.2, -0.15) is 9.78 Å². The lowest BCUT2D eigenvalue weighted by Gasteiger charge is -2.34. The largest absolute Gasteiger partial charge is 0.463 e. The van der Waals surface area contributed by atoms with E-state index in [4.69, 9.17) is 9.76 Å². The number of carbonyl (C=O) groups is 1. The molecule has 1 N–H and O–H groups in total. The van der Waals surface area contributed by atoms with Crippen LogP contribution in [0.25, 0.3) is 0 Å². The fourth-order valence-electron chi connectivity index (χ4n) is 2.05. The molecule has 0 unspecified atom stereocenters. The van der Waals surface area contributed by atoms with Crippen LogP contribution in [0.15, 0.2) is 12.3 Å². The molecule has 6 heteroatoms. The molecule has 0 aromatic carbocycles. The van der Waals surface area contributed by atoms with E-state index in [2.05, 4.69) is 32.8 Å². The standard InChI is InChI=1S/C11H17BN2O3/c1-10(2)7-12(17-11(10,3)4)8-5-6-14(13-8)9(15)16/h5-6H,7H2,1-4H3,(H,15,16). The minimum atomic E-state index is -1.08. The summed E-state index contributed by atoms with van der Waals surface area (Å²) < 4.78 is 6.89. The molecule has 0 aliphatic carbocycles. The third-order valence-corrected chi connectivity index (χ3v) is 3.90. The summed E-state index contributed by atoms with van der Waals surface area (Å²) >= 11 is 0. The van der Waals surface area contributed by atoms with Gasteiger partial charge in [-0.3, -0.25) is 0 Å². The van der Waals surface area contributed by atoms with Crippen molar-refractivity contribution in [2.24, 2.45) is 5.41 Å². The Morgan fingerprint density at radius 1 is 1.53 bits per heavy atom. The van der Waals surface area contributed by atoms with Gasteiger partial charge in [-0.05, 0) is 31.6 Å². The van der Waals surface area contributed by atoms with Crippen molar-refractivity contribution in [1.82, 2.24) is 9.78 Å². The molecule has 17 heavy (non-hydrogen) atoms. The number of aromatic nitrogens is 2. The molecule has 2 heterocycles. The van der Waals surface area contributed by atoms with Crippen LogP contribution in [0.1, 0.15) is 27.7 Å². The lowest BCUT2D eigenvalue weighted by molar-refractivity contribution is 0.0374. The number of hydrogen-bond acceptors (Lipinski definition) is 3. The molecular formula is C11H17BN2O3. The molecule has 0 radical (unpaired) electrons. The van der Waals surface area contributed by atoms with Crippen molar-refractivity contribution in [3.05, 3.63) is 12.3 Å². The number of hydrogen-bond donors (Lipinski definition) is 1. The quantitative estimate of drug-likeness (QED) is 0.749. The summed E-state index contributed by atoms with van der Waals surface area (Å²) in [6.07, 6.45) is 1.21. The van der Waals surface area contributed by atoms with E-state index < -0.39 is 6.09 Å². The van der Waals surface area contributed by atoms with Crippen molar-refractivity contribution in [1.29, 1.82) is 0 Å². The zero-order valence-corrected chi connectivity index (χ0v) is 10.6.